The van der Waals surface area contributed by atoms with Crippen LogP contribution in [0.3, 0.4) is 0 Å². The minimum absolute atomic E-state index is 0.0457. The molecule has 2 N–H and O–H groups in total. The lowest BCUT2D eigenvalue weighted by Gasteiger charge is -2.60. The topological polar surface area (TPSA) is 49.7 Å². The Balaban J connectivity index is 2.33. The lowest BCUT2D eigenvalue weighted by Crippen LogP contribution is -2.63. The van der Waals surface area contributed by atoms with Crippen molar-refractivity contribution in [1.29, 1.82) is 0 Å². The molecule has 23 heavy (non-hydrogen) atoms. The molecule has 0 aliphatic heterocycles. The van der Waals surface area contributed by atoms with Gasteiger partial charge in [0.2, 0.25) is 0 Å². The summed E-state index contributed by atoms with van der Waals surface area (Å²) in [6.45, 7) is 17.9. The van der Waals surface area contributed by atoms with Gasteiger partial charge in [0, 0.05) is 5.92 Å². The van der Waals surface area contributed by atoms with Crippen LogP contribution in [-0.4, -0.2) is 36.3 Å². The highest BCUT2D eigenvalue weighted by Gasteiger charge is 2.59. The van der Waals surface area contributed by atoms with Crippen LogP contribution in [0.5, 0.6) is 0 Å². The number of rotatable bonds is 2. The van der Waals surface area contributed by atoms with Crippen molar-refractivity contribution in [2.24, 2.45) is 17.3 Å². The van der Waals surface area contributed by atoms with Crippen LogP contribution in [0.2, 0.25) is 18.1 Å². The van der Waals surface area contributed by atoms with Crippen molar-refractivity contribution in [2.75, 3.05) is 0 Å². The zero-order valence-electron chi connectivity index (χ0n) is 16.4. The van der Waals surface area contributed by atoms with Crippen LogP contribution >= 0.6 is 0 Å². The van der Waals surface area contributed by atoms with Crippen LogP contribution in [0.15, 0.2) is 0 Å². The van der Waals surface area contributed by atoms with Crippen LogP contribution in [-0.2, 0) is 4.43 Å². The molecule has 0 unspecified atom stereocenters. The fourth-order valence-corrected chi connectivity index (χ4v) is 6.42. The molecular formula is C19H38O3Si. The maximum absolute atomic E-state index is 11.0. The molecule has 0 amide bonds. The summed E-state index contributed by atoms with van der Waals surface area (Å²) in [5.41, 5.74) is -0.751. The van der Waals surface area contributed by atoms with Gasteiger partial charge in [0.15, 0.2) is 8.32 Å². The van der Waals surface area contributed by atoms with Gasteiger partial charge >= 0.3 is 0 Å². The highest BCUT2D eigenvalue weighted by Crippen LogP contribution is 2.58. The van der Waals surface area contributed by atoms with Gasteiger partial charge in [-0.15, -0.1) is 0 Å². The van der Waals surface area contributed by atoms with Gasteiger partial charge < -0.3 is 14.6 Å². The number of fused-ring (bicyclic) bond motifs is 1. The second-order valence-electron chi connectivity index (χ2n) is 10.2. The summed E-state index contributed by atoms with van der Waals surface area (Å²) in [5, 5.41) is 21.6. The van der Waals surface area contributed by atoms with Crippen molar-refractivity contribution in [3.63, 3.8) is 0 Å². The van der Waals surface area contributed by atoms with E-state index < -0.39 is 13.9 Å². The molecule has 3 nitrogen and oxygen atoms in total. The molecule has 0 aromatic heterocycles. The van der Waals surface area contributed by atoms with E-state index in [0.717, 1.165) is 25.7 Å². The van der Waals surface area contributed by atoms with Crippen molar-refractivity contribution in [3.05, 3.63) is 0 Å². The smallest absolute Gasteiger partial charge is 0.192 e. The van der Waals surface area contributed by atoms with E-state index >= 15 is 0 Å². The van der Waals surface area contributed by atoms with Crippen LogP contribution in [0.4, 0.5) is 0 Å². The first-order valence-electron chi connectivity index (χ1n) is 9.31. The average Bonchev–Trinajstić information content (AvgIpc) is 2.36. The summed E-state index contributed by atoms with van der Waals surface area (Å²) in [7, 11) is -1.85. The molecule has 0 aromatic rings. The van der Waals surface area contributed by atoms with Gasteiger partial charge in [0.05, 0.1) is 17.8 Å². The fourth-order valence-electron chi connectivity index (χ4n) is 4.97. The summed E-state index contributed by atoms with van der Waals surface area (Å²) in [4.78, 5) is 0. The third-order valence-electron chi connectivity index (χ3n) is 7.38. The van der Waals surface area contributed by atoms with Gasteiger partial charge in [-0.05, 0) is 62.1 Å². The van der Waals surface area contributed by atoms with Crippen molar-refractivity contribution in [2.45, 2.75) is 103 Å². The van der Waals surface area contributed by atoms with E-state index in [1.807, 2.05) is 6.92 Å². The lowest BCUT2D eigenvalue weighted by molar-refractivity contribution is -0.200. The van der Waals surface area contributed by atoms with Crippen molar-refractivity contribution in [1.82, 2.24) is 0 Å². The van der Waals surface area contributed by atoms with Gasteiger partial charge in [-0.2, -0.15) is 0 Å². The Hall–Kier alpha value is 0.0969. The van der Waals surface area contributed by atoms with E-state index in [0.29, 0.717) is 0 Å². The highest BCUT2D eigenvalue weighted by molar-refractivity contribution is 6.74. The predicted octanol–water partition coefficient (Wildman–Crippen LogP) is 4.33. The summed E-state index contributed by atoms with van der Waals surface area (Å²) in [6, 6.07) is 0. The lowest BCUT2D eigenvalue weighted by atomic mass is 9.50. The molecule has 6 atom stereocenters. The Labute approximate surface area is 144 Å². The van der Waals surface area contributed by atoms with Crippen molar-refractivity contribution < 1.29 is 14.6 Å². The van der Waals surface area contributed by atoms with Gasteiger partial charge in [0.1, 0.15) is 0 Å². The molecule has 0 bridgehead atoms. The Morgan fingerprint density at radius 1 is 1.09 bits per heavy atom. The minimum atomic E-state index is -1.85. The van der Waals surface area contributed by atoms with Crippen LogP contribution in [0.1, 0.15) is 67.2 Å². The second kappa shape index (κ2) is 5.82. The van der Waals surface area contributed by atoms with E-state index in [9.17, 15) is 10.2 Å². The van der Waals surface area contributed by atoms with E-state index in [4.69, 9.17) is 4.43 Å². The largest absolute Gasteiger partial charge is 0.413 e. The molecule has 0 spiro atoms. The molecular weight excluding hydrogens is 304 g/mol. The number of hydrogen-bond donors (Lipinski definition) is 2. The fraction of sp³-hybridized carbons (Fsp3) is 1.00. The van der Waals surface area contributed by atoms with E-state index in [2.05, 4.69) is 47.7 Å². The molecule has 136 valence electrons. The highest BCUT2D eigenvalue weighted by atomic mass is 28.4. The molecule has 2 aliphatic carbocycles. The summed E-state index contributed by atoms with van der Waals surface area (Å²) in [5.74, 6) is 0.219. The van der Waals surface area contributed by atoms with E-state index in [1.54, 1.807) is 0 Å². The molecule has 0 saturated heterocycles. The first kappa shape index (κ1) is 19.4. The van der Waals surface area contributed by atoms with Crippen LogP contribution in [0, 0.1) is 17.3 Å². The molecule has 2 fully saturated rings. The van der Waals surface area contributed by atoms with Crippen LogP contribution < -0.4 is 0 Å². The van der Waals surface area contributed by atoms with Crippen molar-refractivity contribution >= 4 is 8.32 Å². The first-order chi connectivity index (χ1) is 10.2. The van der Waals surface area contributed by atoms with E-state index in [-0.39, 0.29) is 34.5 Å². The van der Waals surface area contributed by atoms with Crippen LogP contribution in [0.25, 0.3) is 0 Å². The SMILES string of the molecule is C[C@@H]1[C@@H](O)CC[C@]2(C)[C@@H](O[Si](C)(C)C(C)(C)C)CC[C@@](C)(O)[C@@H]12. The number of hydrogen-bond acceptors (Lipinski definition) is 3. The second-order valence-corrected chi connectivity index (χ2v) is 15.0. The maximum Gasteiger partial charge on any atom is 0.192 e. The molecule has 0 radical (unpaired) electrons. The van der Waals surface area contributed by atoms with Gasteiger partial charge in [-0.3, -0.25) is 0 Å². The Morgan fingerprint density at radius 2 is 1.65 bits per heavy atom. The Kier molecular flexibility index (Phi) is 4.92. The molecule has 4 heteroatoms. The Morgan fingerprint density at radius 3 is 2.17 bits per heavy atom. The van der Waals surface area contributed by atoms with Gasteiger partial charge in [0.25, 0.3) is 0 Å². The third kappa shape index (κ3) is 3.29. The van der Waals surface area contributed by atoms with Gasteiger partial charge in [-0.25, -0.2) is 0 Å². The van der Waals surface area contributed by atoms with Crippen molar-refractivity contribution in [3.8, 4) is 0 Å². The number of aliphatic hydroxyl groups is 2. The van der Waals surface area contributed by atoms with Gasteiger partial charge in [-0.1, -0.05) is 34.6 Å². The normalized spacial score (nSPS) is 45.7. The molecule has 0 heterocycles. The molecule has 2 rings (SSSR count). The Bertz CT molecular complexity index is 440. The predicted molar refractivity (Wildman–Crippen MR) is 97.9 cm³/mol. The average molecular weight is 343 g/mol. The third-order valence-corrected chi connectivity index (χ3v) is 11.9. The molecule has 0 aromatic carbocycles. The standard InChI is InChI=1S/C19H38O3Si/c1-13-14(20)9-11-18(5)15(10-12-19(6,21)16(13)18)22-23(7,8)17(2,3)4/h13-16,20-21H,9-12H2,1-8H3/t13-,14+,15+,16+,18-,19-/m1/s1. The molecule has 2 saturated carbocycles. The summed E-state index contributed by atoms with van der Waals surface area (Å²) >= 11 is 0. The molecule has 2 aliphatic rings. The quantitative estimate of drug-likeness (QED) is 0.734. The maximum atomic E-state index is 11.0. The zero-order chi connectivity index (χ0) is 17.8. The first-order valence-corrected chi connectivity index (χ1v) is 12.2. The summed E-state index contributed by atoms with van der Waals surface area (Å²) < 4.78 is 6.84. The summed E-state index contributed by atoms with van der Waals surface area (Å²) in [6.07, 6.45) is 3.36. The number of aliphatic hydroxyl groups excluding tert-OH is 1. The minimum Gasteiger partial charge on any atom is -0.413 e. The van der Waals surface area contributed by atoms with E-state index in [1.165, 1.54) is 0 Å². The monoisotopic (exact) mass is 342 g/mol. The zero-order valence-corrected chi connectivity index (χ0v) is 17.4.